The van der Waals surface area contributed by atoms with E-state index in [1.165, 1.54) is 20.8 Å². The Labute approximate surface area is 470 Å². The number of benzene rings is 3. The molecule has 434 valence electrons. The van der Waals surface area contributed by atoms with Crippen molar-refractivity contribution in [1.82, 2.24) is 41.0 Å². The minimum atomic E-state index is -5.93. The van der Waals surface area contributed by atoms with Crippen LogP contribution in [0.15, 0.2) is 72.8 Å². The fraction of sp³-hybridized carbons (Fsp3) is 0.456. The molecule has 9 amide bonds. The highest BCUT2D eigenvalue weighted by Crippen LogP contribution is 2.59. The van der Waals surface area contributed by atoms with E-state index >= 15 is 4.79 Å². The van der Waals surface area contributed by atoms with Crippen LogP contribution in [0.25, 0.3) is 10.9 Å². The number of carbonyl (C=O) groups excluding carboxylic acids is 9. The Morgan fingerprint density at radius 3 is 2.41 bits per heavy atom. The first-order valence-electron chi connectivity index (χ1n) is 27.4. The lowest BCUT2D eigenvalue weighted by molar-refractivity contribution is -0.145. The van der Waals surface area contributed by atoms with Crippen molar-refractivity contribution < 1.29 is 71.0 Å². The zero-order chi connectivity index (χ0) is 58.5. The lowest BCUT2D eigenvalue weighted by Crippen LogP contribution is -2.62. The summed E-state index contributed by atoms with van der Waals surface area (Å²) >= 11 is 0. The highest BCUT2D eigenvalue weighted by molar-refractivity contribution is 7.52. The van der Waals surface area contributed by atoms with Gasteiger partial charge in [0, 0.05) is 92.2 Å². The molecule has 2 unspecified atom stereocenters. The molecule has 0 spiro atoms. The second-order valence-electron chi connectivity index (χ2n) is 21.4. The van der Waals surface area contributed by atoms with E-state index in [1.54, 1.807) is 18.2 Å². The normalized spacial score (nSPS) is 21.3. The van der Waals surface area contributed by atoms with E-state index in [4.69, 9.17) is 10.5 Å². The van der Waals surface area contributed by atoms with E-state index in [1.807, 2.05) is 30.3 Å². The molecular formula is C57H64F2N9O13P. The molecule has 82 heavy (non-hydrogen) atoms. The average molecular weight is 1150 g/mol. The predicted octanol–water partition coefficient (Wildman–Crippen LogP) is 3.42. The van der Waals surface area contributed by atoms with Crippen LogP contribution in [0.1, 0.15) is 133 Å². The van der Waals surface area contributed by atoms with Crippen LogP contribution in [-0.2, 0) is 60.6 Å². The minimum Gasteiger partial charge on any atom is -0.381 e. The molecule has 6 heterocycles. The fourth-order valence-corrected chi connectivity index (χ4v) is 12.1. The maximum Gasteiger partial charge on any atom is 0.399 e. The number of aromatic nitrogens is 1. The van der Waals surface area contributed by atoms with Crippen LogP contribution in [0.2, 0.25) is 0 Å². The summed E-state index contributed by atoms with van der Waals surface area (Å²) in [5.74, 6) is 1.21. The van der Waals surface area contributed by atoms with E-state index < -0.39 is 90.0 Å². The third-order valence-corrected chi connectivity index (χ3v) is 17.1. The van der Waals surface area contributed by atoms with Crippen molar-refractivity contribution in [3.63, 3.8) is 0 Å². The molecule has 4 aromatic rings. The molecule has 4 saturated heterocycles. The van der Waals surface area contributed by atoms with Crippen LogP contribution in [0, 0.1) is 11.8 Å². The molecule has 9 rings (SSSR count). The highest BCUT2D eigenvalue weighted by Gasteiger charge is 2.51. The van der Waals surface area contributed by atoms with Crippen molar-refractivity contribution in [3.8, 4) is 11.8 Å². The third kappa shape index (κ3) is 12.8. The smallest absolute Gasteiger partial charge is 0.381 e. The van der Waals surface area contributed by atoms with Gasteiger partial charge in [0.15, 0.2) is 0 Å². The van der Waals surface area contributed by atoms with Crippen LogP contribution >= 0.6 is 7.60 Å². The summed E-state index contributed by atoms with van der Waals surface area (Å²) in [4.78, 5) is 148. The number of fused-ring (bicyclic) bond motifs is 3. The van der Waals surface area contributed by atoms with E-state index in [0.29, 0.717) is 74.8 Å². The number of carbonyl (C=O) groups is 9. The highest BCUT2D eigenvalue weighted by atomic mass is 31.2. The summed E-state index contributed by atoms with van der Waals surface area (Å²) in [7, 11) is -5.93. The number of nitrogens with zero attached hydrogens (tertiary/aromatic N) is 3. The Morgan fingerprint density at radius 1 is 0.915 bits per heavy atom. The van der Waals surface area contributed by atoms with Crippen molar-refractivity contribution >= 4 is 71.7 Å². The number of halogens is 2. The lowest BCUT2D eigenvalue weighted by atomic mass is 9.82. The number of hydrogen-bond donors (Lipinski definition) is 8. The quantitative estimate of drug-likeness (QED) is 0.0307. The minimum absolute atomic E-state index is 0.00114. The van der Waals surface area contributed by atoms with Crippen molar-refractivity contribution in [2.24, 2.45) is 5.73 Å². The Kier molecular flexibility index (Phi) is 17.7. The van der Waals surface area contributed by atoms with Gasteiger partial charge in [0.1, 0.15) is 29.9 Å². The van der Waals surface area contributed by atoms with Gasteiger partial charge in [-0.3, -0.25) is 53.0 Å². The molecule has 0 bridgehead atoms. The largest absolute Gasteiger partial charge is 0.399 e. The number of hydrogen-bond acceptors (Lipinski definition) is 11. The van der Waals surface area contributed by atoms with Crippen LogP contribution in [0.5, 0.6) is 0 Å². The van der Waals surface area contributed by atoms with E-state index in [2.05, 4.69) is 38.1 Å². The van der Waals surface area contributed by atoms with Gasteiger partial charge in [-0.2, -0.15) is 8.78 Å². The van der Waals surface area contributed by atoms with Gasteiger partial charge in [0.05, 0.1) is 5.54 Å². The summed E-state index contributed by atoms with van der Waals surface area (Å²) in [5.41, 5.74) is 1.71. The number of amides is 9. The van der Waals surface area contributed by atoms with Crippen molar-refractivity contribution in [3.05, 3.63) is 106 Å². The fourth-order valence-electron chi connectivity index (χ4n) is 11.6. The molecule has 25 heteroatoms. The van der Waals surface area contributed by atoms with Crippen LogP contribution < -0.4 is 27.0 Å². The first-order chi connectivity index (χ1) is 39.1. The number of nitrogens with one attached hydrogen (secondary N) is 5. The molecule has 5 atom stereocenters. The second kappa shape index (κ2) is 24.7. The average Bonchev–Trinajstić information content (AvgIpc) is 4.32. The van der Waals surface area contributed by atoms with Gasteiger partial charge in [0.2, 0.25) is 41.4 Å². The number of nitrogens with two attached hydrogens (primary N) is 1. The summed E-state index contributed by atoms with van der Waals surface area (Å²) in [5, 5.41) is 10.9. The number of rotatable bonds is 18. The van der Waals surface area contributed by atoms with Gasteiger partial charge in [-0.1, -0.05) is 60.7 Å². The zero-order valence-electron chi connectivity index (χ0n) is 44.8. The number of alkyl halides is 2. The number of unbranched alkanes of at least 4 members (excludes halogenated alkanes) is 3. The van der Waals surface area contributed by atoms with Crippen LogP contribution in [-0.4, -0.2) is 139 Å². The van der Waals surface area contributed by atoms with Crippen molar-refractivity contribution in [2.75, 3.05) is 26.3 Å². The Hall–Kier alpha value is -7.84. The molecule has 1 aromatic heterocycles. The van der Waals surface area contributed by atoms with Gasteiger partial charge in [0.25, 0.3) is 11.8 Å². The molecule has 4 fully saturated rings. The summed E-state index contributed by atoms with van der Waals surface area (Å²) in [6, 6.07) is 13.2. The molecule has 5 aliphatic heterocycles. The Bertz CT molecular complexity index is 3300. The molecule has 3 aromatic carbocycles. The van der Waals surface area contributed by atoms with Gasteiger partial charge in [-0.25, -0.2) is 0 Å². The summed E-state index contributed by atoms with van der Waals surface area (Å²) in [6.07, 6.45) is 3.72. The Balaban J connectivity index is 0.885. The monoisotopic (exact) mass is 1150 g/mol. The summed E-state index contributed by atoms with van der Waals surface area (Å²) < 4.78 is 46.7. The molecule has 9 N–H and O–H groups in total. The van der Waals surface area contributed by atoms with Crippen molar-refractivity contribution in [2.45, 2.75) is 138 Å². The van der Waals surface area contributed by atoms with Gasteiger partial charge < -0.3 is 55.9 Å². The Morgan fingerprint density at radius 2 is 1.68 bits per heavy atom. The molecule has 0 saturated carbocycles. The number of ether oxygens (including phenoxy) is 1. The number of piperidine rings is 1. The molecule has 0 aliphatic carbocycles. The number of H-pyrrole nitrogens is 1. The topological polar surface area (TPSA) is 320 Å². The standard InChI is InChI=1S/C57H64F2N9O13P/c58-57(59,82(78,79)80)37-16-18-41-35(30-37)31-43(61-41)50(72)63-44-33-66(49(71)15-8-3-1-2-5-10-34-11-9-14-39-40(34)32-67(54(39)76)45-21-23-48(70)64-52(45)74)27-24-38-17-20-46(68(38)55(44)77)53(75)62-42(19-22-47(60)69)51(73)65-56(25-28-81-29-26-56)36-12-6-4-7-13-36/h4,6-7,9,11-14,16,18,30-31,38,42,44-46,61H,1-3,8,15,17,19-29,32-33H2,(H2,60,69)(H,62,75)(H,63,72)(H,65,73)(H,64,70,74)(H2,78,79,80)/t38-,42?,44+,45?,46+/m1/s1. The van der Waals surface area contributed by atoms with Crippen molar-refractivity contribution in [1.29, 1.82) is 0 Å². The van der Waals surface area contributed by atoms with Gasteiger partial charge >= 0.3 is 13.3 Å². The number of primary amides is 1. The summed E-state index contributed by atoms with van der Waals surface area (Å²) in [6.45, 7) is 0.686. The number of imide groups is 1. The van der Waals surface area contributed by atoms with Gasteiger partial charge in [-0.15, -0.1) is 0 Å². The number of aromatic amines is 1. The third-order valence-electron chi connectivity index (χ3n) is 16.1. The van der Waals surface area contributed by atoms with E-state index in [9.17, 15) is 61.5 Å². The molecule has 0 radical (unpaired) electrons. The molecular weight excluding hydrogens is 1090 g/mol. The first kappa shape index (κ1) is 58.8. The SMILES string of the molecule is NC(=O)CCC(NC(=O)[C@@H]1CC[C@@H]2CCN(C(=O)CCCCCC#Cc3cccc4c3CN(C3CCC(=O)NC3=O)C4=O)C[C@H](NC(=O)c3cc4cc(C(F)(F)P(=O)(O)O)ccc4[nH]3)C(=O)N21)C(=O)NC1(c2ccccc2)CCOCC1. The molecule has 5 aliphatic rings. The lowest BCUT2D eigenvalue weighted by Gasteiger charge is -2.40. The van der Waals surface area contributed by atoms with E-state index in [0.717, 1.165) is 23.8 Å². The van der Waals surface area contributed by atoms with Crippen LogP contribution in [0.3, 0.4) is 0 Å². The second-order valence-corrected chi connectivity index (χ2v) is 23.1. The van der Waals surface area contributed by atoms with E-state index in [-0.39, 0.29) is 98.9 Å². The van der Waals surface area contributed by atoms with Gasteiger partial charge in [-0.05, 0) is 99.2 Å². The maximum absolute atomic E-state index is 15.0. The zero-order valence-corrected chi connectivity index (χ0v) is 45.7. The maximum atomic E-state index is 15.0. The van der Waals surface area contributed by atoms with Crippen LogP contribution in [0.4, 0.5) is 8.78 Å². The first-order valence-corrected chi connectivity index (χ1v) is 29.0. The predicted molar refractivity (Wildman–Crippen MR) is 289 cm³/mol. The molecule has 22 nitrogen and oxygen atoms in total.